The first-order valence-electron chi connectivity index (χ1n) is 6.43. The number of anilines is 1. The summed E-state index contributed by atoms with van der Waals surface area (Å²) in [6, 6.07) is 0. The molecule has 100 valence electrons. The first-order chi connectivity index (χ1) is 8.52. The highest BCUT2D eigenvalue weighted by atomic mass is 15.2. The molecule has 2 heterocycles. The van der Waals surface area contributed by atoms with E-state index in [4.69, 9.17) is 5.73 Å². The molecule has 0 saturated carbocycles. The molecular weight excluding hydrogens is 226 g/mol. The highest BCUT2D eigenvalue weighted by molar-refractivity contribution is 5.26. The summed E-state index contributed by atoms with van der Waals surface area (Å²) in [6.45, 7) is 6.13. The maximum atomic E-state index is 5.82. The Balaban J connectivity index is 1.94. The molecule has 5 nitrogen and oxygen atoms in total. The molecule has 1 saturated heterocycles. The molecule has 1 aliphatic rings. The lowest BCUT2D eigenvalue weighted by molar-refractivity contribution is 0.274. The SMILES string of the molecule is CN(C)c1ncc(CN2CCC(C)(CN)C2)cn1. The maximum Gasteiger partial charge on any atom is 0.224 e. The number of aromatic nitrogens is 2. The van der Waals surface area contributed by atoms with E-state index in [-0.39, 0.29) is 5.41 Å². The van der Waals surface area contributed by atoms with E-state index >= 15 is 0 Å². The van der Waals surface area contributed by atoms with Crippen LogP contribution in [0.25, 0.3) is 0 Å². The van der Waals surface area contributed by atoms with Gasteiger partial charge >= 0.3 is 0 Å². The third kappa shape index (κ3) is 2.97. The van der Waals surface area contributed by atoms with Crippen LogP contribution in [0.5, 0.6) is 0 Å². The van der Waals surface area contributed by atoms with Crippen molar-refractivity contribution in [2.45, 2.75) is 19.9 Å². The standard InChI is InChI=1S/C13H23N5/c1-13(9-14)4-5-18(10-13)8-11-6-15-12(16-7-11)17(2)3/h6-7H,4-5,8-10,14H2,1-3H3. The minimum Gasteiger partial charge on any atom is -0.347 e. The predicted octanol–water partition coefficient (Wildman–Crippen LogP) is 0.713. The smallest absolute Gasteiger partial charge is 0.224 e. The third-order valence-electron chi connectivity index (χ3n) is 3.63. The van der Waals surface area contributed by atoms with Crippen molar-refractivity contribution in [3.05, 3.63) is 18.0 Å². The van der Waals surface area contributed by atoms with Gasteiger partial charge in [0.25, 0.3) is 0 Å². The van der Waals surface area contributed by atoms with E-state index < -0.39 is 0 Å². The second-order valence-corrected chi connectivity index (χ2v) is 5.76. The van der Waals surface area contributed by atoms with Gasteiger partial charge in [-0.05, 0) is 24.9 Å². The normalized spacial score (nSPS) is 24.4. The average Bonchev–Trinajstić information content (AvgIpc) is 2.72. The van der Waals surface area contributed by atoms with Crippen molar-refractivity contribution in [3.63, 3.8) is 0 Å². The molecule has 1 aromatic rings. The van der Waals surface area contributed by atoms with Gasteiger partial charge < -0.3 is 10.6 Å². The number of hydrogen-bond donors (Lipinski definition) is 1. The van der Waals surface area contributed by atoms with Gasteiger partial charge in [0.2, 0.25) is 5.95 Å². The molecule has 1 fully saturated rings. The molecule has 1 aromatic heterocycles. The van der Waals surface area contributed by atoms with E-state index in [2.05, 4.69) is 21.8 Å². The van der Waals surface area contributed by atoms with Crippen molar-refractivity contribution in [3.8, 4) is 0 Å². The van der Waals surface area contributed by atoms with Crippen molar-refractivity contribution >= 4 is 5.95 Å². The average molecular weight is 249 g/mol. The lowest BCUT2D eigenvalue weighted by Gasteiger charge is -2.22. The van der Waals surface area contributed by atoms with Crippen LogP contribution in [-0.2, 0) is 6.54 Å². The number of nitrogens with zero attached hydrogens (tertiary/aromatic N) is 4. The quantitative estimate of drug-likeness (QED) is 0.852. The van der Waals surface area contributed by atoms with Crippen molar-refractivity contribution in [1.29, 1.82) is 0 Å². The van der Waals surface area contributed by atoms with Gasteiger partial charge in [0.05, 0.1) is 0 Å². The largest absolute Gasteiger partial charge is 0.347 e. The second-order valence-electron chi connectivity index (χ2n) is 5.76. The fourth-order valence-electron chi connectivity index (χ4n) is 2.35. The molecule has 5 heteroatoms. The van der Waals surface area contributed by atoms with Crippen LogP contribution < -0.4 is 10.6 Å². The summed E-state index contributed by atoms with van der Waals surface area (Å²) in [5, 5.41) is 0. The van der Waals surface area contributed by atoms with E-state index in [1.165, 1.54) is 12.0 Å². The zero-order valence-electron chi connectivity index (χ0n) is 11.6. The fraction of sp³-hybridized carbons (Fsp3) is 0.692. The summed E-state index contributed by atoms with van der Waals surface area (Å²) in [5.41, 5.74) is 7.27. The van der Waals surface area contributed by atoms with E-state index in [1.54, 1.807) is 0 Å². The Kier molecular flexibility index (Phi) is 3.82. The Bertz CT molecular complexity index is 389. The summed E-state index contributed by atoms with van der Waals surface area (Å²) < 4.78 is 0. The van der Waals surface area contributed by atoms with Gasteiger partial charge in [-0.1, -0.05) is 6.92 Å². The molecule has 1 atom stereocenters. The topological polar surface area (TPSA) is 58.3 Å². The van der Waals surface area contributed by atoms with E-state index in [0.717, 1.165) is 32.1 Å². The number of likely N-dealkylation sites (tertiary alicyclic amines) is 1. The Morgan fingerprint density at radius 3 is 2.56 bits per heavy atom. The van der Waals surface area contributed by atoms with E-state index in [1.807, 2.05) is 31.4 Å². The molecule has 0 spiro atoms. The molecule has 0 amide bonds. The van der Waals surface area contributed by atoms with Crippen LogP contribution in [-0.4, -0.2) is 48.6 Å². The fourth-order valence-corrected chi connectivity index (χ4v) is 2.35. The third-order valence-corrected chi connectivity index (χ3v) is 3.63. The monoisotopic (exact) mass is 249 g/mol. The molecular formula is C13H23N5. The maximum absolute atomic E-state index is 5.82. The Morgan fingerprint density at radius 2 is 2.06 bits per heavy atom. The molecule has 0 bridgehead atoms. The van der Waals surface area contributed by atoms with Crippen molar-refractivity contribution in [2.75, 3.05) is 38.6 Å². The summed E-state index contributed by atoms with van der Waals surface area (Å²) >= 11 is 0. The number of hydrogen-bond acceptors (Lipinski definition) is 5. The van der Waals surface area contributed by atoms with Gasteiger partial charge in [0, 0.05) is 45.1 Å². The molecule has 2 N–H and O–H groups in total. The lowest BCUT2D eigenvalue weighted by atomic mass is 9.90. The van der Waals surface area contributed by atoms with Crippen LogP contribution in [0, 0.1) is 5.41 Å². The van der Waals surface area contributed by atoms with Crippen LogP contribution >= 0.6 is 0 Å². The first-order valence-corrected chi connectivity index (χ1v) is 6.43. The summed E-state index contributed by atoms with van der Waals surface area (Å²) in [4.78, 5) is 13.0. The zero-order chi connectivity index (χ0) is 13.2. The minimum atomic E-state index is 0.282. The van der Waals surface area contributed by atoms with Crippen LogP contribution in [0.3, 0.4) is 0 Å². The van der Waals surface area contributed by atoms with Crippen LogP contribution in [0.1, 0.15) is 18.9 Å². The summed E-state index contributed by atoms with van der Waals surface area (Å²) in [5.74, 6) is 0.756. The van der Waals surface area contributed by atoms with Crippen LogP contribution in [0.2, 0.25) is 0 Å². The summed E-state index contributed by atoms with van der Waals surface area (Å²) in [6.07, 6.45) is 5.01. The van der Waals surface area contributed by atoms with E-state index in [9.17, 15) is 0 Å². The molecule has 1 unspecified atom stereocenters. The molecule has 0 aliphatic carbocycles. The Labute approximate surface area is 109 Å². The van der Waals surface area contributed by atoms with Crippen molar-refractivity contribution in [2.24, 2.45) is 11.1 Å². The minimum absolute atomic E-state index is 0.282. The zero-order valence-corrected chi connectivity index (χ0v) is 11.6. The lowest BCUT2D eigenvalue weighted by Crippen LogP contribution is -2.31. The highest BCUT2D eigenvalue weighted by Gasteiger charge is 2.32. The van der Waals surface area contributed by atoms with Crippen molar-refractivity contribution in [1.82, 2.24) is 14.9 Å². The van der Waals surface area contributed by atoms with Gasteiger partial charge in [-0.25, -0.2) is 9.97 Å². The predicted molar refractivity (Wildman–Crippen MR) is 73.4 cm³/mol. The Hall–Kier alpha value is -1.20. The van der Waals surface area contributed by atoms with Crippen LogP contribution in [0.4, 0.5) is 5.95 Å². The number of nitrogens with two attached hydrogens (primary N) is 1. The van der Waals surface area contributed by atoms with Gasteiger partial charge in [-0.2, -0.15) is 0 Å². The van der Waals surface area contributed by atoms with E-state index in [0.29, 0.717) is 0 Å². The molecule has 2 rings (SSSR count). The molecule has 18 heavy (non-hydrogen) atoms. The molecule has 1 aliphatic heterocycles. The second kappa shape index (κ2) is 5.20. The van der Waals surface area contributed by atoms with Gasteiger partial charge in [0.15, 0.2) is 0 Å². The van der Waals surface area contributed by atoms with Gasteiger partial charge in [0.1, 0.15) is 0 Å². The van der Waals surface area contributed by atoms with Crippen LogP contribution in [0.15, 0.2) is 12.4 Å². The van der Waals surface area contributed by atoms with Gasteiger partial charge in [-0.3, -0.25) is 4.90 Å². The highest BCUT2D eigenvalue weighted by Crippen LogP contribution is 2.29. The Morgan fingerprint density at radius 1 is 1.39 bits per heavy atom. The van der Waals surface area contributed by atoms with Crippen molar-refractivity contribution < 1.29 is 0 Å². The van der Waals surface area contributed by atoms with Gasteiger partial charge in [-0.15, -0.1) is 0 Å². The number of rotatable bonds is 4. The first kappa shape index (κ1) is 13.2. The molecule has 0 radical (unpaired) electrons. The molecule has 0 aromatic carbocycles. The summed E-state index contributed by atoms with van der Waals surface area (Å²) in [7, 11) is 3.89.